The maximum Gasteiger partial charge on any atom is 0.243 e. The molecule has 19 heavy (non-hydrogen) atoms. The minimum Gasteiger partial charge on any atom is -0.411 e. The van der Waals surface area contributed by atoms with Crippen LogP contribution in [0.5, 0.6) is 0 Å². The lowest BCUT2D eigenvalue weighted by Gasteiger charge is -2.26. The van der Waals surface area contributed by atoms with Crippen molar-refractivity contribution in [1.29, 1.82) is 0 Å². The molecule has 1 aliphatic heterocycles. The number of nitrogens with zero attached hydrogens (tertiary/aromatic N) is 2. The van der Waals surface area contributed by atoms with Gasteiger partial charge in [0.05, 0.1) is 10.6 Å². The summed E-state index contributed by atoms with van der Waals surface area (Å²) in [6.45, 7) is 4.60. The molecule has 0 radical (unpaired) electrons. The van der Waals surface area contributed by atoms with Crippen molar-refractivity contribution in [2.45, 2.75) is 31.6 Å². The Labute approximate surface area is 113 Å². The van der Waals surface area contributed by atoms with Crippen LogP contribution in [0.25, 0.3) is 0 Å². The molecule has 1 aliphatic rings. The molecule has 0 bridgehead atoms. The predicted molar refractivity (Wildman–Crippen MR) is 73.1 cm³/mol. The highest BCUT2D eigenvalue weighted by Crippen LogP contribution is 2.21. The van der Waals surface area contributed by atoms with E-state index in [9.17, 15) is 8.42 Å². The van der Waals surface area contributed by atoms with E-state index in [0.29, 0.717) is 36.5 Å². The van der Waals surface area contributed by atoms with Gasteiger partial charge in [-0.1, -0.05) is 11.2 Å². The highest BCUT2D eigenvalue weighted by Gasteiger charge is 2.28. The van der Waals surface area contributed by atoms with Gasteiger partial charge >= 0.3 is 0 Å². The molecule has 0 spiro atoms. The van der Waals surface area contributed by atoms with E-state index in [-0.39, 0.29) is 0 Å². The number of benzene rings is 1. The number of oxime groups is 1. The van der Waals surface area contributed by atoms with Crippen LogP contribution in [-0.2, 0) is 10.0 Å². The molecule has 1 heterocycles. The van der Waals surface area contributed by atoms with Crippen LogP contribution in [0.4, 0.5) is 0 Å². The first kappa shape index (κ1) is 14.0. The van der Waals surface area contributed by atoms with E-state index in [2.05, 4.69) is 5.16 Å². The highest BCUT2D eigenvalue weighted by atomic mass is 32.2. The number of hydrogen-bond acceptors (Lipinski definition) is 4. The Balaban J connectivity index is 2.25. The maximum absolute atomic E-state index is 12.5. The van der Waals surface area contributed by atoms with Gasteiger partial charge in [-0.3, -0.25) is 0 Å². The van der Waals surface area contributed by atoms with Crippen LogP contribution < -0.4 is 0 Å². The van der Waals surface area contributed by atoms with Crippen LogP contribution in [0.1, 0.15) is 24.0 Å². The second kappa shape index (κ2) is 5.30. The van der Waals surface area contributed by atoms with E-state index in [1.807, 2.05) is 19.9 Å². The second-order valence-electron chi connectivity index (χ2n) is 4.82. The van der Waals surface area contributed by atoms with Crippen LogP contribution >= 0.6 is 0 Å². The second-order valence-corrected chi connectivity index (χ2v) is 6.75. The summed E-state index contributed by atoms with van der Waals surface area (Å²) in [5.41, 5.74) is 2.70. The lowest BCUT2D eigenvalue weighted by atomic mass is 10.1. The van der Waals surface area contributed by atoms with Gasteiger partial charge in [0.25, 0.3) is 0 Å². The predicted octanol–water partition coefficient (Wildman–Crippen LogP) is 1.92. The minimum atomic E-state index is -3.44. The smallest absolute Gasteiger partial charge is 0.243 e. The van der Waals surface area contributed by atoms with Gasteiger partial charge in [0.1, 0.15) is 0 Å². The molecule has 1 aromatic carbocycles. The van der Waals surface area contributed by atoms with Crippen molar-refractivity contribution in [3.63, 3.8) is 0 Å². The zero-order valence-corrected chi connectivity index (χ0v) is 11.9. The lowest BCUT2D eigenvalue weighted by Crippen LogP contribution is -2.38. The normalized spacial score (nSPS) is 17.5. The minimum absolute atomic E-state index is 0.333. The molecule has 0 unspecified atom stereocenters. The third-order valence-corrected chi connectivity index (χ3v) is 5.45. The van der Waals surface area contributed by atoms with E-state index in [1.54, 1.807) is 12.1 Å². The van der Waals surface area contributed by atoms with Gasteiger partial charge in [0, 0.05) is 25.9 Å². The molecule has 0 aliphatic carbocycles. The molecular formula is C13H18N2O3S. The van der Waals surface area contributed by atoms with Crippen molar-refractivity contribution >= 4 is 15.7 Å². The Morgan fingerprint density at radius 2 is 1.79 bits per heavy atom. The molecule has 1 N–H and O–H groups in total. The molecule has 0 atom stereocenters. The summed E-state index contributed by atoms with van der Waals surface area (Å²) >= 11 is 0. The Morgan fingerprint density at radius 1 is 1.16 bits per heavy atom. The molecule has 0 saturated carbocycles. The third-order valence-electron chi connectivity index (χ3n) is 3.56. The molecule has 0 aromatic heterocycles. The van der Waals surface area contributed by atoms with Gasteiger partial charge < -0.3 is 5.21 Å². The summed E-state index contributed by atoms with van der Waals surface area (Å²) in [5, 5.41) is 11.8. The number of sulfonamides is 1. The average Bonchev–Trinajstić information content (AvgIpc) is 2.41. The fourth-order valence-corrected chi connectivity index (χ4v) is 3.64. The van der Waals surface area contributed by atoms with Gasteiger partial charge in [-0.2, -0.15) is 4.31 Å². The van der Waals surface area contributed by atoms with Crippen LogP contribution in [0.3, 0.4) is 0 Å². The van der Waals surface area contributed by atoms with E-state index >= 15 is 0 Å². The van der Waals surface area contributed by atoms with Gasteiger partial charge in [-0.15, -0.1) is 0 Å². The summed E-state index contributed by atoms with van der Waals surface area (Å²) in [7, 11) is -3.44. The summed E-state index contributed by atoms with van der Waals surface area (Å²) in [4.78, 5) is 0.333. The van der Waals surface area contributed by atoms with Crippen molar-refractivity contribution in [3.8, 4) is 0 Å². The fourth-order valence-electron chi connectivity index (χ4n) is 2.11. The van der Waals surface area contributed by atoms with E-state index < -0.39 is 10.0 Å². The first-order chi connectivity index (χ1) is 8.95. The maximum atomic E-state index is 12.5. The van der Waals surface area contributed by atoms with Crippen molar-refractivity contribution in [2.24, 2.45) is 5.16 Å². The van der Waals surface area contributed by atoms with Crippen LogP contribution in [0.15, 0.2) is 28.3 Å². The SMILES string of the molecule is Cc1ccc(S(=O)(=O)N2CCC(=NO)CC2)cc1C. The first-order valence-electron chi connectivity index (χ1n) is 6.22. The van der Waals surface area contributed by atoms with Gasteiger partial charge in [-0.25, -0.2) is 8.42 Å². The first-order valence-corrected chi connectivity index (χ1v) is 7.66. The summed E-state index contributed by atoms with van der Waals surface area (Å²) in [6.07, 6.45) is 0.973. The Hall–Kier alpha value is -1.40. The van der Waals surface area contributed by atoms with Gasteiger partial charge in [0.2, 0.25) is 10.0 Å². The van der Waals surface area contributed by atoms with Gasteiger partial charge in [-0.05, 0) is 37.1 Å². The van der Waals surface area contributed by atoms with E-state index in [0.717, 1.165) is 11.1 Å². The van der Waals surface area contributed by atoms with Crippen molar-refractivity contribution in [2.75, 3.05) is 13.1 Å². The Kier molecular flexibility index (Phi) is 3.91. The number of hydrogen-bond donors (Lipinski definition) is 1. The quantitative estimate of drug-likeness (QED) is 0.665. The van der Waals surface area contributed by atoms with E-state index in [4.69, 9.17) is 5.21 Å². The lowest BCUT2D eigenvalue weighted by molar-refractivity contribution is 0.310. The fraction of sp³-hybridized carbons (Fsp3) is 0.462. The summed E-state index contributed by atoms with van der Waals surface area (Å²) < 4.78 is 26.4. The summed E-state index contributed by atoms with van der Waals surface area (Å²) in [5.74, 6) is 0. The molecule has 104 valence electrons. The van der Waals surface area contributed by atoms with Crippen molar-refractivity contribution in [3.05, 3.63) is 29.3 Å². The molecule has 1 saturated heterocycles. The molecule has 6 heteroatoms. The van der Waals surface area contributed by atoms with Crippen molar-refractivity contribution in [1.82, 2.24) is 4.31 Å². The monoisotopic (exact) mass is 282 g/mol. The average molecular weight is 282 g/mol. The van der Waals surface area contributed by atoms with Crippen LogP contribution in [0.2, 0.25) is 0 Å². The number of piperidine rings is 1. The Bertz CT molecular complexity index is 598. The molecule has 2 rings (SSSR count). The molecule has 1 aromatic rings. The third kappa shape index (κ3) is 2.79. The van der Waals surface area contributed by atoms with Gasteiger partial charge in [0.15, 0.2) is 0 Å². The number of aryl methyl sites for hydroxylation is 2. The van der Waals surface area contributed by atoms with E-state index in [1.165, 1.54) is 4.31 Å². The Morgan fingerprint density at radius 3 is 2.32 bits per heavy atom. The van der Waals surface area contributed by atoms with Crippen LogP contribution in [0, 0.1) is 13.8 Å². The summed E-state index contributed by atoms with van der Waals surface area (Å²) in [6, 6.07) is 5.18. The van der Waals surface area contributed by atoms with Crippen LogP contribution in [-0.4, -0.2) is 36.7 Å². The zero-order valence-electron chi connectivity index (χ0n) is 11.1. The highest BCUT2D eigenvalue weighted by molar-refractivity contribution is 7.89. The standard InChI is InChI=1S/C13H18N2O3S/c1-10-3-4-13(9-11(10)2)19(17,18)15-7-5-12(14-16)6-8-15/h3-4,9,16H,5-8H2,1-2H3. The van der Waals surface area contributed by atoms with Crippen molar-refractivity contribution < 1.29 is 13.6 Å². The zero-order chi connectivity index (χ0) is 14.0. The largest absolute Gasteiger partial charge is 0.411 e. The molecule has 1 fully saturated rings. The topological polar surface area (TPSA) is 70.0 Å². The molecule has 0 amide bonds. The molecular weight excluding hydrogens is 264 g/mol. The number of rotatable bonds is 2. The molecule has 5 nitrogen and oxygen atoms in total.